The number of carbonyl (C=O) groups excluding carboxylic acids is 1. The molecule has 0 aromatic carbocycles. The first-order valence-corrected chi connectivity index (χ1v) is 7.83. The number of nitrogens with zero attached hydrogens (tertiary/aromatic N) is 3. The number of anilines is 1. The van der Waals surface area contributed by atoms with Gasteiger partial charge in [-0.2, -0.15) is 0 Å². The van der Waals surface area contributed by atoms with E-state index in [1.165, 1.54) is 0 Å². The van der Waals surface area contributed by atoms with Crippen LogP contribution in [0.1, 0.15) is 45.9 Å². The minimum Gasteiger partial charge on any atom is -0.369 e. The van der Waals surface area contributed by atoms with Gasteiger partial charge in [-0.05, 0) is 29.8 Å². The first kappa shape index (κ1) is 16.9. The molecule has 0 aliphatic carbocycles. The molecule has 1 amide bonds. The second-order valence-electron chi connectivity index (χ2n) is 4.83. The molecule has 0 aliphatic heterocycles. The Morgan fingerprint density at radius 3 is 2.55 bits per heavy atom. The molecule has 0 saturated heterocycles. The van der Waals surface area contributed by atoms with E-state index in [0.717, 1.165) is 29.3 Å². The third-order valence-corrected chi connectivity index (χ3v) is 3.40. The normalized spacial score (nSPS) is 10.7. The molecule has 6 heteroatoms. The fraction of sp³-hybridized carbons (Fsp3) is 0.643. The maximum Gasteiger partial charge on any atom is 0.224 e. The number of amides is 1. The Balaban J connectivity index is 2.56. The fourth-order valence-corrected chi connectivity index (χ4v) is 2.21. The second kappa shape index (κ2) is 8.19. The lowest BCUT2D eigenvalue weighted by Gasteiger charge is -2.18. The summed E-state index contributed by atoms with van der Waals surface area (Å²) >= 11 is 3.38. The van der Waals surface area contributed by atoms with E-state index in [-0.39, 0.29) is 11.8 Å². The zero-order chi connectivity index (χ0) is 15.1. The van der Waals surface area contributed by atoms with E-state index < -0.39 is 0 Å². The maximum atomic E-state index is 11.9. The Kier molecular flexibility index (Phi) is 6.91. The summed E-state index contributed by atoms with van der Waals surface area (Å²) in [6.45, 7) is 10.2. The van der Waals surface area contributed by atoms with Crippen molar-refractivity contribution in [3.63, 3.8) is 0 Å². The molecule has 20 heavy (non-hydrogen) atoms. The van der Waals surface area contributed by atoms with Crippen LogP contribution in [0.3, 0.4) is 0 Å². The largest absolute Gasteiger partial charge is 0.369 e. The van der Waals surface area contributed by atoms with Crippen molar-refractivity contribution in [3.8, 4) is 0 Å². The lowest BCUT2D eigenvalue weighted by atomic mass is 10.2. The third kappa shape index (κ3) is 5.07. The van der Waals surface area contributed by atoms with Crippen molar-refractivity contribution in [1.29, 1.82) is 0 Å². The van der Waals surface area contributed by atoms with Crippen LogP contribution in [0.5, 0.6) is 0 Å². The fourth-order valence-electron chi connectivity index (χ4n) is 1.82. The molecule has 5 nitrogen and oxygen atoms in total. The average molecular weight is 343 g/mol. The summed E-state index contributed by atoms with van der Waals surface area (Å²) in [7, 11) is 0. The van der Waals surface area contributed by atoms with Gasteiger partial charge in [0.1, 0.15) is 16.2 Å². The lowest BCUT2D eigenvalue weighted by molar-refractivity contribution is -0.130. The van der Waals surface area contributed by atoms with Crippen molar-refractivity contribution in [3.05, 3.63) is 16.5 Å². The van der Waals surface area contributed by atoms with Crippen LogP contribution in [0.2, 0.25) is 0 Å². The molecule has 1 N–H and O–H groups in total. The Hall–Kier alpha value is -1.17. The molecule has 0 atom stereocenters. The standard InChI is InChI=1S/C14H23BrN4O/c1-5-19(6-2)13(20)7-8-16-12-9-11(15)17-14(18-12)10(3)4/h9-10H,5-8H2,1-4H3,(H,16,17,18). The molecule has 0 bridgehead atoms. The summed E-state index contributed by atoms with van der Waals surface area (Å²) in [4.78, 5) is 22.5. The number of carbonyl (C=O) groups is 1. The number of hydrogen-bond acceptors (Lipinski definition) is 4. The van der Waals surface area contributed by atoms with Gasteiger partial charge >= 0.3 is 0 Å². The molecule has 1 rings (SSSR count). The van der Waals surface area contributed by atoms with Crippen LogP contribution in [-0.4, -0.2) is 40.4 Å². The van der Waals surface area contributed by atoms with Gasteiger partial charge in [-0.3, -0.25) is 4.79 Å². The number of halogens is 1. The van der Waals surface area contributed by atoms with Crippen molar-refractivity contribution < 1.29 is 4.79 Å². The highest BCUT2D eigenvalue weighted by Crippen LogP contribution is 2.17. The van der Waals surface area contributed by atoms with E-state index in [9.17, 15) is 4.79 Å². The first-order valence-electron chi connectivity index (χ1n) is 7.04. The first-order chi connectivity index (χ1) is 9.47. The van der Waals surface area contributed by atoms with Crippen LogP contribution < -0.4 is 5.32 Å². The van der Waals surface area contributed by atoms with Crippen molar-refractivity contribution >= 4 is 27.7 Å². The van der Waals surface area contributed by atoms with Gasteiger partial charge in [0.05, 0.1) is 0 Å². The van der Waals surface area contributed by atoms with Gasteiger partial charge in [-0.25, -0.2) is 9.97 Å². The maximum absolute atomic E-state index is 11.9. The summed E-state index contributed by atoms with van der Waals surface area (Å²) in [6, 6.07) is 1.83. The molecule has 0 fully saturated rings. The van der Waals surface area contributed by atoms with E-state index in [1.807, 2.05) is 24.8 Å². The Bertz CT molecular complexity index is 447. The molecular formula is C14H23BrN4O. The van der Waals surface area contributed by atoms with Gasteiger partial charge in [0.2, 0.25) is 5.91 Å². The van der Waals surface area contributed by atoms with Crippen LogP contribution in [-0.2, 0) is 4.79 Å². The molecule has 1 aromatic rings. The minimum atomic E-state index is 0.166. The van der Waals surface area contributed by atoms with Crippen LogP contribution in [0.4, 0.5) is 5.82 Å². The molecular weight excluding hydrogens is 320 g/mol. The molecule has 0 aliphatic rings. The Morgan fingerprint density at radius 1 is 1.35 bits per heavy atom. The van der Waals surface area contributed by atoms with Crippen LogP contribution in [0, 0.1) is 0 Å². The highest BCUT2D eigenvalue weighted by molar-refractivity contribution is 9.10. The molecule has 0 saturated carbocycles. The van der Waals surface area contributed by atoms with Gasteiger partial charge < -0.3 is 10.2 Å². The Labute approximate surface area is 129 Å². The zero-order valence-corrected chi connectivity index (χ0v) is 14.2. The molecule has 1 aromatic heterocycles. The summed E-state index contributed by atoms with van der Waals surface area (Å²) < 4.78 is 0.758. The molecule has 0 radical (unpaired) electrons. The van der Waals surface area contributed by atoms with Gasteiger partial charge in [0.15, 0.2) is 0 Å². The van der Waals surface area contributed by atoms with Crippen molar-refractivity contribution in [1.82, 2.24) is 14.9 Å². The lowest BCUT2D eigenvalue weighted by Crippen LogP contribution is -2.31. The number of nitrogens with one attached hydrogen (secondary N) is 1. The SMILES string of the molecule is CCN(CC)C(=O)CCNc1cc(Br)nc(C(C)C)n1. The van der Waals surface area contributed by atoms with Crippen molar-refractivity contribution in [2.75, 3.05) is 25.0 Å². The van der Waals surface area contributed by atoms with Gasteiger partial charge in [0, 0.05) is 38.0 Å². The quantitative estimate of drug-likeness (QED) is 0.773. The van der Waals surface area contributed by atoms with Gasteiger partial charge in [-0.15, -0.1) is 0 Å². The number of aromatic nitrogens is 2. The van der Waals surface area contributed by atoms with E-state index in [0.29, 0.717) is 13.0 Å². The monoisotopic (exact) mass is 342 g/mol. The topological polar surface area (TPSA) is 58.1 Å². The molecule has 0 spiro atoms. The van der Waals surface area contributed by atoms with Crippen LogP contribution in [0.25, 0.3) is 0 Å². The summed E-state index contributed by atoms with van der Waals surface area (Å²) in [6.07, 6.45) is 0.473. The van der Waals surface area contributed by atoms with Gasteiger partial charge in [0.25, 0.3) is 0 Å². The number of hydrogen-bond donors (Lipinski definition) is 1. The highest BCUT2D eigenvalue weighted by Gasteiger charge is 2.10. The van der Waals surface area contributed by atoms with E-state index in [4.69, 9.17) is 0 Å². The predicted molar refractivity (Wildman–Crippen MR) is 84.9 cm³/mol. The molecule has 1 heterocycles. The van der Waals surface area contributed by atoms with Crippen LogP contribution >= 0.6 is 15.9 Å². The molecule has 112 valence electrons. The number of rotatable bonds is 7. The van der Waals surface area contributed by atoms with Crippen LogP contribution in [0.15, 0.2) is 10.7 Å². The van der Waals surface area contributed by atoms with E-state index >= 15 is 0 Å². The highest BCUT2D eigenvalue weighted by atomic mass is 79.9. The average Bonchev–Trinajstić information content (AvgIpc) is 2.39. The summed E-state index contributed by atoms with van der Waals surface area (Å²) in [5.41, 5.74) is 0. The van der Waals surface area contributed by atoms with Crippen molar-refractivity contribution in [2.45, 2.75) is 40.0 Å². The van der Waals surface area contributed by atoms with E-state index in [2.05, 4.69) is 45.1 Å². The minimum absolute atomic E-state index is 0.166. The Morgan fingerprint density at radius 2 is 2.00 bits per heavy atom. The smallest absolute Gasteiger partial charge is 0.224 e. The molecule has 0 unspecified atom stereocenters. The zero-order valence-electron chi connectivity index (χ0n) is 12.6. The van der Waals surface area contributed by atoms with Gasteiger partial charge in [-0.1, -0.05) is 13.8 Å². The summed E-state index contributed by atoms with van der Waals surface area (Å²) in [5.74, 6) is 1.98. The van der Waals surface area contributed by atoms with E-state index in [1.54, 1.807) is 0 Å². The summed E-state index contributed by atoms with van der Waals surface area (Å²) in [5, 5.41) is 3.19. The second-order valence-corrected chi connectivity index (χ2v) is 5.64. The third-order valence-electron chi connectivity index (χ3n) is 2.99. The van der Waals surface area contributed by atoms with Crippen molar-refractivity contribution in [2.24, 2.45) is 0 Å². The predicted octanol–water partition coefficient (Wildman–Crippen LogP) is 3.03.